The molecular weight excluding hydrogens is 326 g/mol. The van der Waals surface area contributed by atoms with Crippen LogP contribution in [0.2, 0.25) is 0 Å². The van der Waals surface area contributed by atoms with E-state index in [0.29, 0.717) is 11.8 Å². The Bertz CT molecular complexity index is 839. The van der Waals surface area contributed by atoms with E-state index in [1.54, 1.807) is 6.07 Å². The van der Waals surface area contributed by atoms with Gasteiger partial charge >= 0.3 is 0 Å². The molecule has 4 fully saturated rings. The first-order chi connectivity index (χ1) is 11.3. The molecule has 1 amide bonds. The zero-order valence-corrected chi connectivity index (χ0v) is 14.9. The summed E-state index contributed by atoms with van der Waals surface area (Å²) >= 11 is 0. The molecular formula is C17H23N3O3S. The van der Waals surface area contributed by atoms with E-state index in [9.17, 15) is 13.2 Å². The van der Waals surface area contributed by atoms with Crippen LogP contribution in [0.1, 0.15) is 68.1 Å². The third kappa shape index (κ3) is 1.64. The highest BCUT2D eigenvalue weighted by molar-refractivity contribution is 7.90. The fourth-order valence-electron chi connectivity index (χ4n) is 5.72. The normalized spacial score (nSPS) is 38.5. The summed E-state index contributed by atoms with van der Waals surface area (Å²) < 4.78 is 27.0. The number of carbonyl (C=O) groups is 1. The lowest BCUT2D eigenvalue weighted by molar-refractivity contribution is 0.0696. The molecule has 6 nitrogen and oxygen atoms in total. The van der Waals surface area contributed by atoms with E-state index in [2.05, 4.69) is 24.0 Å². The smallest absolute Gasteiger partial charge is 0.281 e. The van der Waals surface area contributed by atoms with Crippen LogP contribution in [0.5, 0.6) is 0 Å². The topological polar surface area (TPSA) is 83.1 Å². The number of sulfonamides is 1. The highest BCUT2D eigenvalue weighted by Gasteiger charge is 2.72. The van der Waals surface area contributed by atoms with Gasteiger partial charge < -0.3 is 0 Å². The summed E-state index contributed by atoms with van der Waals surface area (Å²) in [5.74, 6) is 0.639. The molecule has 1 aromatic heterocycles. The van der Waals surface area contributed by atoms with Crippen LogP contribution in [-0.2, 0) is 10.0 Å². The Kier molecular flexibility index (Phi) is 2.63. The third-order valence-electron chi connectivity index (χ3n) is 7.45. The maximum absolute atomic E-state index is 13.0. The molecule has 1 aromatic rings. The fourth-order valence-corrected chi connectivity index (χ4v) is 8.24. The SMILES string of the molecule is CC1(C)[C@@H]2CC[C@@]13CS(=O)(=O)N(C(=O)c1cc(C4CC4)[nH]n1)[C@@H]3C2. The minimum absolute atomic E-state index is 0.0233. The van der Waals surface area contributed by atoms with Gasteiger partial charge in [-0.1, -0.05) is 13.8 Å². The van der Waals surface area contributed by atoms with Crippen molar-refractivity contribution in [2.75, 3.05) is 5.75 Å². The van der Waals surface area contributed by atoms with Gasteiger partial charge in [-0.3, -0.25) is 9.89 Å². The first kappa shape index (κ1) is 14.9. The standard InChI is InChI=1S/C17H23N3O3S/c1-16(2)11-5-6-17(16)9-24(22,23)20(14(17)7-11)15(21)13-8-12(18-19-13)10-3-4-10/h8,10-11,14H,3-7,9H2,1-2H3,(H,18,19)/t11-,14-,17+/m1/s1. The van der Waals surface area contributed by atoms with Crippen molar-refractivity contribution in [3.8, 4) is 0 Å². The second-order valence-corrected chi connectivity index (χ2v) is 10.6. The number of hydrogen-bond donors (Lipinski definition) is 1. The van der Waals surface area contributed by atoms with E-state index in [-0.39, 0.29) is 28.3 Å². The van der Waals surface area contributed by atoms with Crippen molar-refractivity contribution in [1.82, 2.24) is 14.5 Å². The van der Waals surface area contributed by atoms with Crippen molar-refractivity contribution in [1.29, 1.82) is 0 Å². The molecule has 1 aliphatic heterocycles. The lowest BCUT2D eigenvalue weighted by Gasteiger charge is -2.36. The largest absolute Gasteiger partial charge is 0.288 e. The van der Waals surface area contributed by atoms with E-state index >= 15 is 0 Å². The van der Waals surface area contributed by atoms with Gasteiger partial charge in [0.2, 0.25) is 10.0 Å². The molecule has 7 heteroatoms. The molecule has 1 saturated heterocycles. The molecule has 3 aliphatic carbocycles. The maximum atomic E-state index is 13.0. The van der Waals surface area contributed by atoms with E-state index in [1.807, 2.05) is 0 Å². The summed E-state index contributed by atoms with van der Waals surface area (Å²) in [5.41, 5.74) is 0.905. The summed E-state index contributed by atoms with van der Waals surface area (Å²) in [7, 11) is -3.57. The van der Waals surface area contributed by atoms with Gasteiger partial charge in [-0.2, -0.15) is 5.10 Å². The maximum Gasteiger partial charge on any atom is 0.288 e. The summed E-state index contributed by atoms with van der Waals surface area (Å²) in [4.78, 5) is 13.0. The van der Waals surface area contributed by atoms with Crippen LogP contribution in [-0.4, -0.2) is 40.6 Å². The number of H-pyrrole nitrogens is 1. The number of amides is 1. The second kappa shape index (κ2) is 4.23. The minimum Gasteiger partial charge on any atom is -0.281 e. The molecule has 130 valence electrons. The Hall–Kier alpha value is -1.37. The molecule has 3 saturated carbocycles. The molecule has 2 bridgehead atoms. The summed E-state index contributed by atoms with van der Waals surface area (Å²) in [6.07, 6.45) is 5.01. The number of rotatable bonds is 2. The molecule has 1 N–H and O–H groups in total. The van der Waals surface area contributed by atoms with Crippen molar-refractivity contribution in [3.05, 3.63) is 17.5 Å². The highest BCUT2D eigenvalue weighted by atomic mass is 32.2. The molecule has 3 atom stereocenters. The molecule has 2 heterocycles. The first-order valence-corrected chi connectivity index (χ1v) is 10.5. The van der Waals surface area contributed by atoms with Crippen molar-refractivity contribution in [2.24, 2.45) is 16.7 Å². The Labute approximate surface area is 142 Å². The number of aromatic nitrogens is 2. The van der Waals surface area contributed by atoms with Crippen LogP contribution in [0.4, 0.5) is 0 Å². The fraction of sp³-hybridized carbons (Fsp3) is 0.765. The average molecular weight is 349 g/mol. The van der Waals surface area contributed by atoms with E-state index in [4.69, 9.17) is 0 Å². The summed E-state index contributed by atoms with van der Waals surface area (Å²) in [5, 5.41) is 7.03. The molecule has 1 spiro atoms. The van der Waals surface area contributed by atoms with Crippen LogP contribution in [0.15, 0.2) is 6.07 Å². The van der Waals surface area contributed by atoms with E-state index < -0.39 is 15.9 Å². The Morgan fingerprint density at radius 2 is 2.08 bits per heavy atom. The monoisotopic (exact) mass is 349 g/mol. The van der Waals surface area contributed by atoms with Crippen molar-refractivity contribution in [2.45, 2.75) is 57.9 Å². The zero-order chi connectivity index (χ0) is 16.9. The van der Waals surface area contributed by atoms with Gasteiger partial charge in [0, 0.05) is 17.0 Å². The molecule has 5 rings (SSSR count). The Balaban J connectivity index is 1.54. The summed E-state index contributed by atoms with van der Waals surface area (Å²) in [6.45, 7) is 4.38. The zero-order valence-electron chi connectivity index (χ0n) is 14.1. The Morgan fingerprint density at radius 3 is 2.75 bits per heavy atom. The molecule has 24 heavy (non-hydrogen) atoms. The number of carbonyl (C=O) groups excluding carboxylic acids is 1. The van der Waals surface area contributed by atoms with Gasteiger partial charge in [0.25, 0.3) is 5.91 Å². The predicted molar refractivity (Wildman–Crippen MR) is 87.9 cm³/mol. The highest BCUT2D eigenvalue weighted by Crippen LogP contribution is 2.70. The van der Waals surface area contributed by atoms with Crippen LogP contribution in [0, 0.1) is 16.7 Å². The summed E-state index contributed by atoms with van der Waals surface area (Å²) in [6, 6.07) is 1.56. The van der Waals surface area contributed by atoms with E-state index in [1.165, 1.54) is 4.31 Å². The molecule has 0 radical (unpaired) electrons. The van der Waals surface area contributed by atoms with Crippen molar-refractivity contribution in [3.63, 3.8) is 0 Å². The van der Waals surface area contributed by atoms with Crippen molar-refractivity contribution < 1.29 is 13.2 Å². The van der Waals surface area contributed by atoms with Gasteiger partial charge in [0.05, 0.1) is 11.8 Å². The van der Waals surface area contributed by atoms with Gasteiger partial charge in [0.1, 0.15) is 0 Å². The molecule has 4 aliphatic rings. The van der Waals surface area contributed by atoms with Gasteiger partial charge in [-0.25, -0.2) is 12.7 Å². The number of hydrogen-bond acceptors (Lipinski definition) is 4. The second-order valence-electron chi connectivity index (χ2n) is 8.70. The van der Waals surface area contributed by atoms with Crippen LogP contribution < -0.4 is 0 Å². The van der Waals surface area contributed by atoms with E-state index in [0.717, 1.165) is 37.8 Å². The van der Waals surface area contributed by atoms with Crippen molar-refractivity contribution >= 4 is 15.9 Å². The molecule has 0 aromatic carbocycles. The average Bonchev–Trinajstić information content (AvgIpc) is 3.04. The van der Waals surface area contributed by atoms with Crippen LogP contribution in [0.3, 0.4) is 0 Å². The Morgan fingerprint density at radius 1 is 1.33 bits per heavy atom. The van der Waals surface area contributed by atoms with Gasteiger partial charge in [-0.05, 0) is 49.5 Å². The number of nitrogens with one attached hydrogen (secondary N) is 1. The van der Waals surface area contributed by atoms with Gasteiger partial charge in [0.15, 0.2) is 5.69 Å². The quantitative estimate of drug-likeness (QED) is 0.888. The lowest BCUT2D eigenvalue weighted by Crippen LogP contribution is -2.44. The first-order valence-electron chi connectivity index (χ1n) is 8.88. The number of fused-ring (bicyclic) bond motifs is 1. The van der Waals surface area contributed by atoms with Crippen LogP contribution in [0.25, 0.3) is 0 Å². The van der Waals surface area contributed by atoms with Gasteiger partial charge in [-0.15, -0.1) is 0 Å². The lowest BCUT2D eigenvalue weighted by atomic mass is 9.69. The number of aromatic amines is 1. The van der Waals surface area contributed by atoms with Crippen LogP contribution >= 0.6 is 0 Å². The third-order valence-corrected chi connectivity index (χ3v) is 9.34. The molecule has 0 unspecified atom stereocenters. The number of nitrogens with zero attached hydrogens (tertiary/aromatic N) is 2. The minimum atomic E-state index is -3.57. The predicted octanol–water partition coefficient (Wildman–Crippen LogP) is 2.27.